The van der Waals surface area contributed by atoms with Crippen molar-refractivity contribution in [2.45, 2.75) is 45.3 Å². The van der Waals surface area contributed by atoms with Crippen molar-refractivity contribution in [1.82, 2.24) is 4.98 Å². The van der Waals surface area contributed by atoms with E-state index in [1.807, 2.05) is 40.0 Å². The van der Waals surface area contributed by atoms with Crippen LogP contribution < -0.4 is 15.4 Å². The number of aliphatic hydroxyl groups excluding tert-OH is 1. The summed E-state index contributed by atoms with van der Waals surface area (Å²) in [5, 5.41) is 9.34. The molecule has 0 atom stereocenters. The lowest BCUT2D eigenvalue weighted by Crippen LogP contribution is -2.37. The maximum atomic E-state index is 9.34. The van der Waals surface area contributed by atoms with E-state index in [1.165, 1.54) is 0 Å². The number of aliphatic hydroxyl groups is 1. The minimum absolute atomic E-state index is 0.118. The standard InChI is InChI=1S/C15H25N3O2/c1-15(2,3)20-14-12(16)5-6-13(17-14)18(4)9-10-7-11(19)8-10/h5-6,10-11,19H,7-9,16H2,1-4H3. The molecule has 2 rings (SSSR count). The van der Waals surface area contributed by atoms with Crippen LogP contribution in [0.2, 0.25) is 0 Å². The number of nitrogen functional groups attached to an aromatic ring is 1. The molecule has 1 aromatic heterocycles. The van der Waals surface area contributed by atoms with Gasteiger partial charge in [0, 0.05) is 13.6 Å². The number of nitrogens with two attached hydrogens (primary N) is 1. The Kier molecular flexibility index (Phi) is 4.09. The van der Waals surface area contributed by atoms with Gasteiger partial charge >= 0.3 is 0 Å². The zero-order valence-corrected chi connectivity index (χ0v) is 12.8. The first-order valence-electron chi connectivity index (χ1n) is 7.09. The van der Waals surface area contributed by atoms with Gasteiger partial charge in [0.1, 0.15) is 11.4 Å². The fourth-order valence-electron chi connectivity index (χ4n) is 2.36. The van der Waals surface area contributed by atoms with Gasteiger partial charge in [0.05, 0.1) is 11.8 Å². The number of rotatable bonds is 4. The second kappa shape index (κ2) is 5.48. The monoisotopic (exact) mass is 279 g/mol. The number of nitrogens with zero attached hydrogens (tertiary/aromatic N) is 2. The molecule has 0 amide bonds. The Morgan fingerprint density at radius 1 is 1.40 bits per heavy atom. The molecule has 0 bridgehead atoms. The van der Waals surface area contributed by atoms with Gasteiger partial charge in [-0.1, -0.05) is 0 Å². The van der Waals surface area contributed by atoms with Crippen LogP contribution in [0.15, 0.2) is 12.1 Å². The molecule has 3 N–H and O–H groups in total. The van der Waals surface area contributed by atoms with Gasteiger partial charge in [-0.3, -0.25) is 0 Å². The summed E-state index contributed by atoms with van der Waals surface area (Å²) < 4.78 is 5.78. The van der Waals surface area contributed by atoms with Crippen LogP contribution in [-0.4, -0.2) is 35.4 Å². The average molecular weight is 279 g/mol. The Morgan fingerprint density at radius 3 is 2.60 bits per heavy atom. The molecule has 0 unspecified atom stereocenters. The number of hydrogen-bond donors (Lipinski definition) is 2. The quantitative estimate of drug-likeness (QED) is 0.882. The summed E-state index contributed by atoms with van der Waals surface area (Å²) in [6.07, 6.45) is 1.64. The van der Waals surface area contributed by atoms with Crippen LogP contribution in [0.5, 0.6) is 5.88 Å². The fourth-order valence-corrected chi connectivity index (χ4v) is 2.36. The van der Waals surface area contributed by atoms with Crippen LogP contribution in [-0.2, 0) is 0 Å². The highest BCUT2D eigenvalue weighted by Gasteiger charge is 2.28. The highest BCUT2D eigenvalue weighted by molar-refractivity contribution is 5.54. The molecule has 1 aliphatic rings. The number of ether oxygens (including phenoxy) is 1. The Morgan fingerprint density at radius 2 is 2.05 bits per heavy atom. The average Bonchev–Trinajstić information content (AvgIpc) is 2.28. The third kappa shape index (κ3) is 3.76. The first kappa shape index (κ1) is 14.9. The van der Waals surface area contributed by atoms with E-state index >= 15 is 0 Å². The molecule has 20 heavy (non-hydrogen) atoms. The van der Waals surface area contributed by atoms with Crippen LogP contribution >= 0.6 is 0 Å². The van der Waals surface area contributed by atoms with Gasteiger partial charge in [-0.25, -0.2) is 0 Å². The molecule has 1 heterocycles. The number of aromatic nitrogens is 1. The molecule has 0 aromatic carbocycles. The van der Waals surface area contributed by atoms with Crippen molar-refractivity contribution in [3.8, 4) is 5.88 Å². The van der Waals surface area contributed by atoms with E-state index in [9.17, 15) is 5.11 Å². The molecule has 1 fully saturated rings. The van der Waals surface area contributed by atoms with E-state index in [2.05, 4.69) is 9.88 Å². The largest absolute Gasteiger partial charge is 0.470 e. The molecule has 0 aliphatic heterocycles. The summed E-state index contributed by atoms with van der Waals surface area (Å²) in [5.41, 5.74) is 6.14. The van der Waals surface area contributed by atoms with Crippen LogP contribution in [0, 0.1) is 5.92 Å². The SMILES string of the molecule is CN(CC1CC(O)C1)c1ccc(N)c(OC(C)(C)C)n1. The Hall–Kier alpha value is -1.49. The normalized spacial score (nSPS) is 22.2. The fraction of sp³-hybridized carbons (Fsp3) is 0.667. The van der Waals surface area contributed by atoms with Gasteiger partial charge in [0.25, 0.3) is 0 Å². The predicted octanol–water partition coefficient (Wildman–Crippen LogP) is 2.05. The molecule has 0 spiro atoms. The van der Waals surface area contributed by atoms with Crippen molar-refractivity contribution in [3.05, 3.63) is 12.1 Å². The lowest BCUT2D eigenvalue weighted by molar-refractivity contribution is 0.0464. The van der Waals surface area contributed by atoms with E-state index in [-0.39, 0.29) is 11.7 Å². The molecule has 0 saturated heterocycles. The maximum Gasteiger partial charge on any atom is 0.239 e. The Balaban J connectivity index is 2.06. The number of anilines is 2. The van der Waals surface area contributed by atoms with Crippen LogP contribution in [0.1, 0.15) is 33.6 Å². The van der Waals surface area contributed by atoms with E-state index < -0.39 is 0 Å². The molecule has 5 nitrogen and oxygen atoms in total. The summed E-state index contributed by atoms with van der Waals surface area (Å²) in [4.78, 5) is 6.59. The van der Waals surface area contributed by atoms with Gasteiger partial charge in [0.15, 0.2) is 0 Å². The summed E-state index contributed by atoms with van der Waals surface area (Å²) in [5.74, 6) is 1.87. The van der Waals surface area contributed by atoms with Crippen molar-refractivity contribution < 1.29 is 9.84 Å². The second-order valence-electron chi connectivity index (χ2n) is 6.65. The minimum atomic E-state index is -0.323. The van der Waals surface area contributed by atoms with Crippen LogP contribution in [0.25, 0.3) is 0 Å². The van der Waals surface area contributed by atoms with Gasteiger partial charge in [-0.05, 0) is 51.7 Å². The minimum Gasteiger partial charge on any atom is -0.470 e. The molecular weight excluding hydrogens is 254 g/mol. The Bertz CT molecular complexity index is 465. The maximum absolute atomic E-state index is 9.34. The van der Waals surface area contributed by atoms with Crippen LogP contribution in [0.3, 0.4) is 0 Å². The zero-order chi connectivity index (χ0) is 14.9. The molecular formula is C15H25N3O2. The first-order valence-corrected chi connectivity index (χ1v) is 7.09. The van der Waals surface area contributed by atoms with Crippen molar-refractivity contribution >= 4 is 11.5 Å². The van der Waals surface area contributed by atoms with E-state index in [1.54, 1.807) is 0 Å². The predicted molar refractivity (Wildman–Crippen MR) is 81.0 cm³/mol. The highest BCUT2D eigenvalue weighted by atomic mass is 16.5. The van der Waals surface area contributed by atoms with E-state index in [0.717, 1.165) is 25.2 Å². The number of hydrogen-bond acceptors (Lipinski definition) is 5. The van der Waals surface area contributed by atoms with Crippen molar-refractivity contribution in [1.29, 1.82) is 0 Å². The highest BCUT2D eigenvalue weighted by Crippen LogP contribution is 2.30. The van der Waals surface area contributed by atoms with Gasteiger partial charge < -0.3 is 20.5 Å². The summed E-state index contributed by atoms with van der Waals surface area (Å²) in [7, 11) is 2.00. The van der Waals surface area contributed by atoms with Crippen LogP contribution in [0.4, 0.5) is 11.5 Å². The summed E-state index contributed by atoms with van der Waals surface area (Å²) in [6, 6.07) is 3.73. The molecule has 0 radical (unpaired) electrons. The molecule has 1 aromatic rings. The van der Waals surface area contributed by atoms with E-state index in [4.69, 9.17) is 10.5 Å². The number of pyridine rings is 1. The summed E-state index contributed by atoms with van der Waals surface area (Å²) in [6.45, 7) is 6.81. The summed E-state index contributed by atoms with van der Waals surface area (Å²) >= 11 is 0. The molecule has 1 saturated carbocycles. The topological polar surface area (TPSA) is 71.6 Å². The molecule has 1 aliphatic carbocycles. The molecule has 112 valence electrons. The van der Waals surface area contributed by atoms with Gasteiger partial charge in [-0.15, -0.1) is 0 Å². The second-order valence-corrected chi connectivity index (χ2v) is 6.65. The van der Waals surface area contributed by atoms with E-state index in [0.29, 0.717) is 17.5 Å². The third-order valence-corrected chi connectivity index (χ3v) is 3.41. The first-order chi connectivity index (χ1) is 9.24. The Labute approximate surface area is 120 Å². The molecule has 5 heteroatoms. The lowest BCUT2D eigenvalue weighted by atomic mass is 9.82. The lowest BCUT2D eigenvalue weighted by Gasteiger charge is -2.35. The third-order valence-electron chi connectivity index (χ3n) is 3.41. The van der Waals surface area contributed by atoms with Gasteiger partial charge in [0.2, 0.25) is 5.88 Å². The van der Waals surface area contributed by atoms with Crippen molar-refractivity contribution in [2.75, 3.05) is 24.2 Å². The van der Waals surface area contributed by atoms with Gasteiger partial charge in [-0.2, -0.15) is 4.98 Å². The van der Waals surface area contributed by atoms with Crippen molar-refractivity contribution in [2.24, 2.45) is 5.92 Å². The zero-order valence-electron chi connectivity index (χ0n) is 12.8. The van der Waals surface area contributed by atoms with Crippen molar-refractivity contribution in [3.63, 3.8) is 0 Å². The smallest absolute Gasteiger partial charge is 0.239 e.